The van der Waals surface area contributed by atoms with Gasteiger partial charge in [-0.25, -0.2) is 0 Å². The maximum atomic E-state index is 11.8. The number of anilines is 1. The van der Waals surface area contributed by atoms with E-state index in [4.69, 9.17) is 0 Å². The molecule has 0 saturated carbocycles. The summed E-state index contributed by atoms with van der Waals surface area (Å²) >= 11 is 0. The largest absolute Gasteiger partial charge is 0.376 e. The van der Waals surface area contributed by atoms with Crippen LogP contribution < -0.4 is 10.6 Å². The normalized spacial score (nSPS) is 10.0. The van der Waals surface area contributed by atoms with Crippen LogP contribution in [0, 0.1) is 17.0 Å². The third kappa shape index (κ3) is 4.31. The molecule has 0 aliphatic carbocycles. The number of rotatable bonds is 6. The Morgan fingerprint density at radius 1 is 1.18 bits per heavy atom. The van der Waals surface area contributed by atoms with Crippen LogP contribution in [0.4, 0.5) is 11.4 Å². The summed E-state index contributed by atoms with van der Waals surface area (Å²) in [7, 11) is 0. The molecule has 0 bridgehead atoms. The van der Waals surface area contributed by atoms with Gasteiger partial charge in [0.15, 0.2) is 0 Å². The van der Waals surface area contributed by atoms with Gasteiger partial charge in [-0.15, -0.1) is 0 Å². The van der Waals surface area contributed by atoms with E-state index in [0.717, 1.165) is 11.1 Å². The van der Waals surface area contributed by atoms with Gasteiger partial charge in [-0.1, -0.05) is 36.4 Å². The molecule has 0 atom stereocenters. The Labute approximate surface area is 128 Å². The van der Waals surface area contributed by atoms with Gasteiger partial charge in [0.05, 0.1) is 11.5 Å². The van der Waals surface area contributed by atoms with E-state index in [1.54, 1.807) is 6.07 Å². The van der Waals surface area contributed by atoms with E-state index in [0.29, 0.717) is 12.2 Å². The maximum absolute atomic E-state index is 11.8. The highest BCUT2D eigenvalue weighted by molar-refractivity contribution is 5.81. The fraction of sp³-hybridized carbons (Fsp3) is 0.188. The molecule has 1 amide bonds. The number of nitrogens with one attached hydrogen (secondary N) is 2. The Kier molecular flexibility index (Phi) is 5.08. The van der Waals surface area contributed by atoms with Crippen LogP contribution in [0.2, 0.25) is 0 Å². The second-order valence-electron chi connectivity index (χ2n) is 4.87. The third-order valence-corrected chi connectivity index (χ3v) is 3.20. The van der Waals surface area contributed by atoms with Crippen molar-refractivity contribution in [2.45, 2.75) is 13.5 Å². The first-order chi connectivity index (χ1) is 10.6. The van der Waals surface area contributed by atoms with Crippen molar-refractivity contribution in [3.05, 3.63) is 69.8 Å². The molecule has 0 aliphatic rings. The number of nitro benzene ring substituents is 1. The highest BCUT2D eigenvalue weighted by Gasteiger charge is 2.09. The standard InChI is InChI=1S/C16H17N3O3/c1-12-7-8-14(19(21)22)9-15(12)17-11-16(20)18-10-13-5-3-2-4-6-13/h2-9,17H,10-11H2,1H3,(H,18,20). The van der Waals surface area contributed by atoms with E-state index in [-0.39, 0.29) is 18.1 Å². The van der Waals surface area contributed by atoms with Crippen LogP contribution in [-0.2, 0) is 11.3 Å². The summed E-state index contributed by atoms with van der Waals surface area (Å²) < 4.78 is 0. The van der Waals surface area contributed by atoms with Crippen molar-refractivity contribution in [3.8, 4) is 0 Å². The fourth-order valence-electron chi connectivity index (χ4n) is 1.95. The molecule has 0 heterocycles. The highest BCUT2D eigenvalue weighted by atomic mass is 16.6. The molecular weight excluding hydrogens is 282 g/mol. The van der Waals surface area contributed by atoms with Crippen LogP contribution in [-0.4, -0.2) is 17.4 Å². The number of hydrogen-bond donors (Lipinski definition) is 2. The predicted octanol–water partition coefficient (Wildman–Crippen LogP) is 2.63. The third-order valence-electron chi connectivity index (χ3n) is 3.20. The Morgan fingerprint density at radius 3 is 2.59 bits per heavy atom. The first-order valence-corrected chi connectivity index (χ1v) is 6.86. The lowest BCUT2D eigenvalue weighted by atomic mass is 10.2. The number of benzene rings is 2. The van der Waals surface area contributed by atoms with Crippen LogP contribution in [0.5, 0.6) is 0 Å². The number of aryl methyl sites for hydroxylation is 1. The molecule has 0 aliphatic heterocycles. The van der Waals surface area contributed by atoms with Gasteiger partial charge in [-0.3, -0.25) is 14.9 Å². The minimum absolute atomic E-state index is 0.00204. The Morgan fingerprint density at radius 2 is 1.91 bits per heavy atom. The molecule has 0 radical (unpaired) electrons. The van der Waals surface area contributed by atoms with E-state index in [9.17, 15) is 14.9 Å². The number of non-ortho nitro benzene ring substituents is 1. The maximum Gasteiger partial charge on any atom is 0.271 e. The van der Waals surface area contributed by atoms with Gasteiger partial charge in [0.1, 0.15) is 0 Å². The van der Waals surface area contributed by atoms with Gasteiger partial charge < -0.3 is 10.6 Å². The molecular formula is C16H17N3O3. The molecule has 0 spiro atoms. The number of nitrogens with zero attached hydrogens (tertiary/aromatic N) is 1. The molecule has 0 aromatic heterocycles. The van der Waals surface area contributed by atoms with Gasteiger partial charge in [0, 0.05) is 24.4 Å². The zero-order valence-corrected chi connectivity index (χ0v) is 12.2. The SMILES string of the molecule is Cc1ccc([N+](=O)[O-])cc1NCC(=O)NCc1ccccc1. The van der Waals surface area contributed by atoms with Gasteiger partial charge in [-0.2, -0.15) is 0 Å². The Bertz CT molecular complexity index is 672. The van der Waals surface area contributed by atoms with E-state index in [2.05, 4.69) is 10.6 Å². The van der Waals surface area contributed by atoms with Crippen LogP contribution in [0.3, 0.4) is 0 Å². The molecule has 2 N–H and O–H groups in total. The van der Waals surface area contributed by atoms with Crippen molar-refractivity contribution in [2.24, 2.45) is 0 Å². The Hall–Kier alpha value is -2.89. The quantitative estimate of drug-likeness (QED) is 0.634. The highest BCUT2D eigenvalue weighted by Crippen LogP contribution is 2.21. The summed E-state index contributed by atoms with van der Waals surface area (Å²) in [6, 6.07) is 14.1. The molecule has 6 nitrogen and oxygen atoms in total. The average Bonchev–Trinajstić information content (AvgIpc) is 2.53. The van der Waals surface area contributed by atoms with E-state index in [1.807, 2.05) is 37.3 Å². The van der Waals surface area contributed by atoms with E-state index < -0.39 is 4.92 Å². The number of nitro groups is 1. The van der Waals surface area contributed by atoms with Crippen LogP contribution >= 0.6 is 0 Å². The lowest BCUT2D eigenvalue weighted by molar-refractivity contribution is -0.384. The minimum atomic E-state index is -0.458. The molecule has 22 heavy (non-hydrogen) atoms. The second-order valence-corrected chi connectivity index (χ2v) is 4.87. The number of carbonyl (C=O) groups excluding carboxylic acids is 1. The molecule has 2 aromatic rings. The van der Waals surface area contributed by atoms with Crippen molar-refractivity contribution in [1.29, 1.82) is 0 Å². The Balaban J connectivity index is 1.88. The molecule has 2 rings (SSSR count). The van der Waals surface area contributed by atoms with Crippen molar-refractivity contribution in [2.75, 3.05) is 11.9 Å². The summed E-state index contributed by atoms with van der Waals surface area (Å²) in [5.74, 6) is -0.172. The van der Waals surface area contributed by atoms with Crippen molar-refractivity contribution < 1.29 is 9.72 Å². The topological polar surface area (TPSA) is 84.3 Å². The minimum Gasteiger partial charge on any atom is -0.376 e. The number of amides is 1. The van der Waals surface area contributed by atoms with Crippen molar-refractivity contribution >= 4 is 17.3 Å². The molecule has 114 valence electrons. The van der Waals surface area contributed by atoms with Crippen LogP contribution in [0.15, 0.2) is 48.5 Å². The molecule has 0 fully saturated rings. The lowest BCUT2D eigenvalue weighted by Crippen LogP contribution is -2.29. The summed E-state index contributed by atoms with van der Waals surface area (Å²) in [6.07, 6.45) is 0. The van der Waals surface area contributed by atoms with Crippen LogP contribution in [0.25, 0.3) is 0 Å². The average molecular weight is 299 g/mol. The van der Waals surface area contributed by atoms with Crippen LogP contribution in [0.1, 0.15) is 11.1 Å². The number of carbonyl (C=O) groups is 1. The van der Waals surface area contributed by atoms with Crippen molar-refractivity contribution in [3.63, 3.8) is 0 Å². The molecule has 6 heteroatoms. The predicted molar refractivity (Wildman–Crippen MR) is 84.6 cm³/mol. The summed E-state index contributed by atoms with van der Waals surface area (Å²) in [5, 5.41) is 16.5. The fourth-order valence-corrected chi connectivity index (χ4v) is 1.95. The van der Waals surface area contributed by atoms with E-state index >= 15 is 0 Å². The molecule has 0 unspecified atom stereocenters. The molecule has 2 aromatic carbocycles. The number of hydrogen-bond acceptors (Lipinski definition) is 4. The molecule has 0 saturated heterocycles. The zero-order valence-electron chi connectivity index (χ0n) is 12.2. The monoisotopic (exact) mass is 299 g/mol. The first-order valence-electron chi connectivity index (χ1n) is 6.86. The smallest absolute Gasteiger partial charge is 0.271 e. The summed E-state index contributed by atoms with van der Waals surface area (Å²) in [5.41, 5.74) is 2.45. The summed E-state index contributed by atoms with van der Waals surface area (Å²) in [4.78, 5) is 22.1. The lowest BCUT2D eigenvalue weighted by Gasteiger charge is -2.10. The summed E-state index contributed by atoms with van der Waals surface area (Å²) in [6.45, 7) is 2.35. The second kappa shape index (κ2) is 7.21. The van der Waals surface area contributed by atoms with E-state index in [1.165, 1.54) is 12.1 Å². The van der Waals surface area contributed by atoms with Gasteiger partial charge in [0.25, 0.3) is 5.69 Å². The van der Waals surface area contributed by atoms with Gasteiger partial charge >= 0.3 is 0 Å². The zero-order chi connectivity index (χ0) is 15.9. The van der Waals surface area contributed by atoms with Gasteiger partial charge in [0.2, 0.25) is 5.91 Å². The van der Waals surface area contributed by atoms with Gasteiger partial charge in [-0.05, 0) is 18.1 Å². The van der Waals surface area contributed by atoms with Crippen molar-refractivity contribution in [1.82, 2.24) is 5.32 Å². The first kappa shape index (κ1) is 15.5.